The van der Waals surface area contributed by atoms with Crippen molar-refractivity contribution in [3.63, 3.8) is 0 Å². The Balaban J connectivity index is 5.25. The molecule has 6 atom stereocenters. The number of aliphatic hydroxyl groups excluding tert-OH is 1. The van der Waals surface area contributed by atoms with Crippen LogP contribution in [0.2, 0.25) is 0 Å². The lowest BCUT2D eigenvalue weighted by atomic mass is 9.99. The maximum atomic E-state index is 13.2. The van der Waals surface area contributed by atoms with Crippen molar-refractivity contribution in [1.29, 1.82) is 0 Å². The van der Waals surface area contributed by atoms with Gasteiger partial charge in [-0.2, -0.15) is 0 Å². The van der Waals surface area contributed by atoms with Crippen LogP contribution >= 0.6 is 15.6 Å². The predicted molar refractivity (Wildman–Crippen MR) is 450 cm³/mol. The summed E-state index contributed by atoms with van der Waals surface area (Å²) in [6.07, 6.45) is 74.5. The van der Waals surface area contributed by atoms with Crippen LogP contribution in [0.15, 0.2) is 24.3 Å². The third-order valence-electron chi connectivity index (χ3n) is 20.9. The van der Waals surface area contributed by atoms with Crippen molar-refractivity contribution in [3.05, 3.63) is 24.3 Å². The molecule has 0 rings (SSSR count). The highest BCUT2D eigenvalue weighted by Crippen LogP contribution is 2.45. The van der Waals surface area contributed by atoms with Crippen LogP contribution in [0.4, 0.5) is 0 Å². The molecule has 0 fully saturated rings. The predicted octanol–water partition coefficient (Wildman–Crippen LogP) is 27.2. The van der Waals surface area contributed by atoms with E-state index < -0.39 is 97.5 Å². The van der Waals surface area contributed by atoms with Crippen LogP contribution < -0.4 is 0 Å². The first-order valence-electron chi connectivity index (χ1n) is 45.7. The van der Waals surface area contributed by atoms with E-state index in [2.05, 4.69) is 72.8 Å². The fourth-order valence-electron chi connectivity index (χ4n) is 13.5. The van der Waals surface area contributed by atoms with Gasteiger partial charge in [-0.3, -0.25) is 37.3 Å². The van der Waals surface area contributed by atoms with Gasteiger partial charge in [-0.05, 0) is 69.1 Å². The van der Waals surface area contributed by atoms with Gasteiger partial charge in [-0.25, -0.2) is 9.13 Å². The SMILES string of the molecule is CCCCCC/C=C\C=C/CCCCCCCC(=O)O[C@H](COC(=O)CCCCCCCCCCC(C)C)COP(=O)(O)OC[C@H](O)COP(=O)(O)OC[C@@H](COC(=O)CCCCCCCCCCCCCCCCCCCCC(C)C)OC(=O)CCCCCCCCCCCCCCCCCCCCC(C)CC. The first-order chi connectivity index (χ1) is 52.8. The third-order valence-corrected chi connectivity index (χ3v) is 22.8. The summed E-state index contributed by atoms with van der Waals surface area (Å²) in [5, 5.41) is 10.7. The first-order valence-corrected chi connectivity index (χ1v) is 48.7. The van der Waals surface area contributed by atoms with E-state index in [4.69, 9.17) is 37.0 Å². The highest BCUT2D eigenvalue weighted by Gasteiger charge is 2.31. The molecule has 0 heterocycles. The van der Waals surface area contributed by atoms with E-state index in [-0.39, 0.29) is 25.7 Å². The van der Waals surface area contributed by atoms with Crippen LogP contribution in [-0.4, -0.2) is 96.7 Å². The van der Waals surface area contributed by atoms with E-state index >= 15 is 0 Å². The number of carbonyl (C=O) groups is 4. The van der Waals surface area contributed by atoms with Crippen LogP contribution in [0.5, 0.6) is 0 Å². The van der Waals surface area contributed by atoms with Gasteiger partial charge >= 0.3 is 39.5 Å². The zero-order chi connectivity index (χ0) is 80.0. The number of ether oxygens (including phenoxy) is 4. The highest BCUT2D eigenvalue weighted by molar-refractivity contribution is 7.47. The second kappa shape index (κ2) is 79.4. The molecule has 17 nitrogen and oxygen atoms in total. The lowest BCUT2D eigenvalue weighted by molar-refractivity contribution is -0.161. The molecule has 3 N–H and O–H groups in total. The van der Waals surface area contributed by atoms with E-state index in [0.29, 0.717) is 25.7 Å². The minimum Gasteiger partial charge on any atom is -0.462 e. The molecule has 0 radical (unpaired) electrons. The molecule has 644 valence electrons. The lowest BCUT2D eigenvalue weighted by Gasteiger charge is -2.21. The van der Waals surface area contributed by atoms with Gasteiger partial charge in [-0.1, -0.05) is 400 Å². The molecule has 0 spiro atoms. The van der Waals surface area contributed by atoms with E-state index in [1.165, 1.54) is 244 Å². The number of phosphoric ester groups is 2. The summed E-state index contributed by atoms with van der Waals surface area (Å²) in [5.74, 6) is 0.283. The molecule has 0 aliphatic heterocycles. The molecule has 0 bridgehead atoms. The van der Waals surface area contributed by atoms with E-state index in [1.807, 2.05) is 0 Å². The Morgan fingerprint density at radius 1 is 0.303 bits per heavy atom. The topological polar surface area (TPSA) is 237 Å². The number of rotatable bonds is 86. The maximum absolute atomic E-state index is 13.2. The van der Waals surface area contributed by atoms with E-state index in [1.54, 1.807) is 0 Å². The van der Waals surface area contributed by atoms with Crippen molar-refractivity contribution in [3.8, 4) is 0 Å². The molecule has 0 saturated carbocycles. The second-order valence-corrected chi connectivity index (χ2v) is 35.8. The van der Waals surface area contributed by atoms with Crippen LogP contribution in [0.25, 0.3) is 0 Å². The Labute approximate surface area is 669 Å². The monoisotopic (exact) mass is 1590 g/mol. The Hall–Kier alpha value is -2.46. The molecule has 109 heavy (non-hydrogen) atoms. The largest absolute Gasteiger partial charge is 0.472 e. The van der Waals surface area contributed by atoms with Crippen LogP contribution in [0, 0.1) is 17.8 Å². The molecule has 0 aromatic rings. The molecular weight excluding hydrogens is 1410 g/mol. The Morgan fingerprint density at radius 2 is 0.541 bits per heavy atom. The third kappa shape index (κ3) is 81.9. The lowest BCUT2D eigenvalue weighted by Crippen LogP contribution is -2.30. The average Bonchev–Trinajstić information content (AvgIpc) is 0.900. The van der Waals surface area contributed by atoms with Gasteiger partial charge in [0.25, 0.3) is 0 Å². The summed E-state index contributed by atoms with van der Waals surface area (Å²) in [7, 11) is -9.95. The van der Waals surface area contributed by atoms with Gasteiger partial charge in [0, 0.05) is 25.7 Å². The van der Waals surface area contributed by atoms with Gasteiger partial charge in [0.15, 0.2) is 12.2 Å². The minimum absolute atomic E-state index is 0.0846. The maximum Gasteiger partial charge on any atom is 0.472 e. The Morgan fingerprint density at radius 3 is 0.817 bits per heavy atom. The second-order valence-electron chi connectivity index (χ2n) is 32.8. The fraction of sp³-hybridized carbons (Fsp3) is 0.911. The zero-order valence-corrected chi connectivity index (χ0v) is 73.3. The Bertz CT molecular complexity index is 2190. The summed E-state index contributed by atoms with van der Waals surface area (Å²) < 4.78 is 68.9. The minimum atomic E-state index is -4.97. The number of unbranched alkanes of at least 4 members (excludes halogenated alkanes) is 50. The summed E-state index contributed by atoms with van der Waals surface area (Å²) in [5.41, 5.74) is 0. The van der Waals surface area contributed by atoms with Gasteiger partial charge in [0.05, 0.1) is 26.4 Å². The van der Waals surface area contributed by atoms with Crippen molar-refractivity contribution < 1.29 is 80.2 Å². The number of carbonyl (C=O) groups excluding carboxylic acids is 4. The number of phosphoric acid groups is 2. The number of hydrogen-bond acceptors (Lipinski definition) is 15. The molecule has 0 aromatic heterocycles. The van der Waals surface area contributed by atoms with Crippen LogP contribution in [0.3, 0.4) is 0 Å². The fourth-order valence-corrected chi connectivity index (χ4v) is 15.1. The molecule has 0 saturated heterocycles. The first kappa shape index (κ1) is 107. The van der Waals surface area contributed by atoms with Crippen LogP contribution in [0.1, 0.15) is 453 Å². The average molecular weight is 1590 g/mol. The molecule has 19 heteroatoms. The summed E-state index contributed by atoms with van der Waals surface area (Å²) in [4.78, 5) is 73.3. The highest BCUT2D eigenvalue weighted by atomic mass is 31.2. The number of hydrogen-bond donors (Lipinski definition) is 3. The summed E-state index contributed by atoms with van der Waals surface area (Å²) in [6.45, 7) is 12.0. The normalized spacial score (nSPS) is 14.2. The van der Waals surface area contributed by atoms with Gasteiger partial charge in [0.2, 0.25) is 0 Å². The summed E-state index contributed by atoms with van der Waals surface area (Å²) in [6, 6.07) is 0. The number of allylic oxidation sites excluding steroid dienone is 4. The van der Waals surface area contributed by atoms with Crippen molar-refractivity contribution >= 4 is 39.5 Å². The molecule has 0 aliphatic carbocycles. The molecule has 0 aromatic carbocycles. The van der Waals surface area contributed by atoms with Gasteiger partial charge in [0.1, 0.15) is 19.3 Å². The molecule has 0 aliphatic rings. The number of esters is 4. The van der Waals surface area contributed by atoms with Crippen molar-refractivity contribution in [2.45, 2.75) is 471 Å². The molecular formula is C90H172O17P2. The van der Waals surface area contributed by atoms with E-state index in [0.717, 1.165) is 127 Å². The zero-order valence-electron chi connectivity index (χ0n) is 71.5. The van der Waals surface area contributed by atoms with Crippen LogP contribution in [-0.2, 0) is 65.4 Å². The van der Waals surface area contributed by atoms with Crippen molar-refractivity contribution in [2.24, 2.45) is 17.8 Å². The Kier molecular flexibility index (Phi) is 77.6. The molecule has 3 unspecified atom stereocenters. The smallest absolute Gasteiger partial charge is 0.462 e. The summed E-state index contributed by atoms with van der Waals surface area (Å²) >= 11 is 0. The van der Waals surface area contributed by atoms with Crippen molar-refractivity contribution in [1.82, 2.24) is 0 Å². The van der Waals surface area contributed by atoms with E-state index in [9.17, 15) is 43.2 Å². The van der Waals surface area contributed by atoms with Gasteiger partial charge in [-0.15, -0.1) is 0 Å². The standard InChI is InChI=1S/C90H172O17P2/c1-8-10-11-12-13-14-15-16-25-33-38-43-52-59-66-73-90(95)107-86(78-101-88(93)72-65-58-51-46-45-48-55-62-69-82(5)6)80-105-109(98,99)103-76-84(91)75-102-108(96,97)104-79-85(77-100-87(92)71-64-57-50-42-37-32-28-23-19-17-21-26-30-35-40-47-54-61-68-81(3)4)106-89(94)74-67-60-53-44-39-34-29-24-20-18-22-27-31-36-41-49-56-63-70-83(7)9-2/h14-16,25,81-86,91H,8-13,17-24,26-80H2,1-7H3,(H,96,97)(H,98,99)/b15-14-,25-16-/t83?,84-,85-,86-/m1/s1. The van der Waals surface area contributed by atoms with Gasteiger partial charge < -0.3 is 33.8 Å². The molecule has 0 amide bonds. The van der Waals surface area contributed by atoms with Crippen molar-refractivity contribution in [2.75, 3.05) is 39.6 Å². The quantitative estimate of drug-likeness (QED) is 0.0169. The number of aliphatic hydroxyl groups is 1.